The van der Waals surface area contributed by atoms with Gasteiger partial charge in [0.25, 0.3) is 0 Å². The van der Waals surface area contributed by atoms with Crippen LogP contribution < -0.4 is 0 Å². The van der Waals surface area contributed by atoms with Crippen LogP contribution in [0.5, 0.6) is 0 Å². The minimum absolute atomic E-state index is 0. The lowest BCUT2D eigenvalue weighted by Crippen LogP contribution is -2.33. The number of hydrogen-bond donors (Lipinski definition) is 1. The van der Waals surface area contributed by atoms with E-state index in [-0.39, 0.29) is 7.43 Å². The summed E-state index contributed by atoms with van der Waals surface area (Å²) < 4.78 is 0. The highest BCUT2D eigenvalue weighted by Crippen LogP contribution is 2.20. The molecule has 0 spiro atoms. The van der Waals surface area contributed by atoms with Crippen LogP contribution in [0.4, 0.5) is 0 Å². The Morgan fingerprint density at radius 1 is 1.25 bits per heavy atom. The highest BCUT2D eigenvalue weighted by molar-refractivity contribution is 5.75. The number of hydrogen-bond acceptors (Lipinski definition) is 2. The first-order valence-electron chi connectivity index (χ1n) is 5.22. The Morgan fingerprint density at radius 3 is 2.12 bits per heavy atom. The van der Waals surface area contributed by atoms with Gasteiger partial charge in [-0.3, -0.25) is 9.69 Å². The molecule has 0 bridgehead atoms. The van der Waals surface area contributed by atoms with Crippen molar-refractivity contribution in [3.63, 3.8) is 0 Å². The second kappa shape index (κ2) is 7.01. The predicted molar refractivity (Wildman–Crippen MR) is 66.5 cm³/mol. The summed E-state index contributed by atoms with van der Waals surface area (Å²) in [6, 6.07) is 8.82. The van der Waals surface area contributed by atoms with E-state index in [1.165, 1.54) is 0 Å². The number of aliphatic carboxylic acids is 1. The van der Waals surface area contributed by atoms with Gasteiger partial charge in [-0.1, -0.05) is 51.6 Å². The van der Waals surface area contributed by atoms with E-state index in [0.29, 0.717) is 0 Å². The molecule has 0 aliphatic carbocycles. The van der Waals surface area contributed by atoms with Crippen molar-refractivity contribution in [2.45, 2.75) is 27.3 Å². The number of carbonyl (C=O) groups is 1. The lowest BCUT2D eigenvalue weighted by atomic mass is 10.1. The quantitative estimate of drug-likeness (QED) is 0.834. The summed E-state index contributed by atoms with van der Waals surface area (Å²) in [6.07, 6.45) is 0. The Hall–Kier alpha value is -1.35. The van der Waals surface area contributed by atoms with Gasteiger partial charge in [0.1, 0.15) is 6.04 Å². The maximum Gasteiger partial charge on any atom is 0.325 e. The average Bonchev–Trinajstić information content (AvgIpc) is 2.26. The van der Waals surface area contributed by atoms with Crippen LogP contribution in [0, 0.1) is 0 Å². The maximum absolute atomic E-state index is 11.2. The average molecular weight is 223 g/mol. The molecule has 0 saturated carbocycles. The van der Waals surface area contributed by atoms with Crippen molar-refractivity contribution in [1.29, 1.82) is 0 Å². The summed E-state index contributed by atoms with van der Waals surface area (Å²) in [5.41, 5.74) is 0.841. The molecule has 0 aliphatic rings. The largest absolute Gasteiger partial charge is 0.480 e. The van der Waals surface area contributed by atoms with E-state index < -0.39 is 12.0 Å². The van der Waals surface area contributed by atoms with Crippen LogP contribution in [0.3, 0.4) is 0 Å². The van der Waals surface area contributed by atoms with Gasteiger partial charge in [0, 0.05) is 0 Å². The zero-order chi connectivity index (χ0) is 11.3. The second-order valence-electron chi connectivity index (χ2n) is 3.37. The Balaban J connectivity index is 0.00000225. The van der Waals surface area contributed by atoms with E-state index in [2.05, 4.69) is 0 Å². The molecule has 16 heavy (non-hydrogen) atoms. The van der Waals surface area contributed by atoms with Crippen molar-refractivity contribution in [1.82, 2.24) is 4.90 Å². The lowest BCUT2D eigenvalue weighted by Gasteiger charge is -2.26. The van der Waals surface area contributed by atoms with E-state index in [4.69, 9.17) is 0 Å². The third-order valence-electron chi connectivity index (χ3n) is 2.53. The van der Waals surface area contributed by atoms with Gasteiger partial charge in [-0.2, -0.15) is 0 Å². The molecule has 0 amide bonds. The van der Waals surface area contributed by atoms with Crippen molar-refractivity contribution < 1.29 is 9.90 Å². The van der Waals surface area contributed by atoms with Crippen molar-refractivity contribution in [2.24, 2.45) is 0 Å². The molecule has 0 unspecified atom stereocenters. The third-order valence-corrected chi connectivity index (χ3v) is 2.53. The van der Waals surface area contributed by atoms with Crippen LogP contribution in [0.2, 0.25) is 0 Å². The number of nitrogens with zero attached hydrogens (tertiary/aromatic N) is 1. The topological polar surface area (TPSA) is 40.5 Å². The first-order valence-corrected chi connectivity index (χ1v) is 5.22. The first kappa shape index (κ1) is 14.6. The van der Waals surface area contributed by atoms with Gasteiger partial charge < -0.3 is 5.11 Å². The Labute approximate surface area is 97.7 Å². The Bertz CT molecular complexity index is 307. The van der Waals surface area contributed by atoms with Crippen LogP contribution in [0.15, 0.2) is 30.3 Å². The maximum atomic E-state index is 11.2. The zero-order valence-corrected chi connectivity index (χ0v) is 9.18. The summed E-state index contributed by atoms with van der Waals surface area (Å²) in [6.45, 7) is 5.43. The zero-order valence-electron chi connectivity index (χ0n) is 9.18. The summed E-state index contributed by atoms with van der Waals surface area (Å²) in [4.78, 5) is 13.1. The van der Waals surface area contributed by atoms with E-state index in [0.717, 1.165) is 18.7 Å². The molecule has 3 heteroatoms. The Kier molecular flexibility index (Phi) is 6.42. The van der Waals surface area contributed by atoms with Gasteiger partial charge in [-0.15, -0.1) is 0 Å². The molecular formula is C13H21NO2. The fourth-order valence-electron chi connectivity index (χ4n) is 1.73. The molecule has 90 valence electrons. The van der Waals surface area contributed by atoms with Crippen LogP contribution in [0.25, 0.3) is 0 Å². The smallest absolute Gasteiger partial charge is 0.325 e. The van der Waals surface area contributed by atoms with Gasteiger partial charge in [-0.25, -0.2) is 0 Å². The van der Waals surface area contributed by atoms with Crippen molar-refractivity contribution in [3.05, 3.63) is 35.9 Å². The van der Waals surface area contributed by atoms with Gasteiger partial charge in [-0.05, 0) is 18.7 Å². The normalized spacial score (nSPS) is 11.9. The van der Waals surface area contributed by atoms with Crippen molar-refractivity contribution in [2.75, 3.05) is 13.1 Å². The molecule has 0 aromatic heterocycles. The minimum Gasteiger partial charge on any atom is -0.480 e. The van der Waals surface area contributed by atoms with Crippen LogP contribution in [-0.2, 0) is 4.79 Å². The van der Waals surface area contributed by atoms with Gasteiger partial charge in [0.2, 0.25) is 0 Å². The molecular weight excluding hydrogens is 202 g/mol. The summed E-state index contributed by atoms with van der Waals surface area (Å²) in [5, 5.41) is 9.22. The summed E-state index contributed by atoms with van der Waals surface area (Å²) in [7, 11) is 0. The summed E-state index contributed by atoms with van der Waals surface area (Å²) >= 11 is 0. The third kappa shape index (κ3) is 3.35. The predicted octanol–water partition coefficient (Wildman–Crippen LogP) is 2.79. The molecule has 1 aromatic rings. The van der Waals surface area contributed by atoms with Gasteiger partial charge in [0.15, 0.2) is 0 Å². The molecule has 0 fully saturated rings. The van der Waals surface area contributed by atoms with E-state index >= 15 is 0 Å². The summed E-state index contributed by atoms with van der Waals surface area (Å²) in [5.74, 6) is -0.787. The molecule has 3 nitrogen and oxygen atoms in total. The highest BCUT2D eigenvalue weighted by atomic mass is 16.4. The number of benzene rings is 1. The number of carboxylic acids is 1. The molecule has 1 rings (SSSR count). The van der Waals surface area contributed by atoms with Gasteiger partial charge >= 0.3 is 5.97 Å². The molecule has 0 radical (unpaired) electrons. The van der Waals surface area contributed by atoms with Crippen LogP contribution in [-0.4, -0.2) is 29.1 Å². The molecule has 1 N–H and O–H groups in total. The van der Waals surface area contributed by atoms with Crippen LogP contribution >= 0.6 is 0 Å². The van der Waals surface area contributed by atoms with E-state index in [9.17, 15) is 9.90 Å². The van der Waals surface area contributed by atoms with Gasteiger partial charge in [0.05, 0.1) is 0 Å². The fourth-order valence-corrected chi connectivity index (χ4v) is 1.73. The van der Waals surface area contributed by atoms with Crippen molar-refractivity contribution in [3.8, 4) is 0 Å². The monoisotopic (exact) mass is 223 g/mol. The standard InChI is InChI=1S/C12H17NO2.CH4/c1-3-13(4-2)11(12(14)15)10-8-6-5-7-9-10;/h5-9,11H,3-4H2,1-2H3,(H,14,15);1H4/t11-;/m1./s1. The first-order chi connectivity index (χ1) is 7.20. The Morgan fingerprint density at radius 2 is 1.75 bits per heavy atom. The molecule has 1 aromatic carbocycles. The fraction of sp³-hybridized carbons (Fsp3) is 0.462. The minimum atomic E-state index is -0.787. The lowest BCUT2D eigenvalue weighted by molar-refractivity contribution is -0.143. The molecule has 0 saturated heterocycles. The number of carboxylic acid groups (broad SMARTS) is 1. The highest BCUT2D eigenvalue weighted by Gasteiger charge is 2.24. The number of rotatable bonds is 5. The van der Waals surface area contributed by atoms with Crippen molar-refractivity contribution >= 4 is 5.97 Å². The molecule has 0 aliphatic heterocycles. The molecule has 1 atom stereocenters. The second-order valence-corrected chi connectivity index (χ2v) is 3.37. The van der Waals surface area contributed by atoms with Crippen LogP contribution in [0.1, 0.15) is 32.9 Å². The van der Waals surface area contributed by atoms with E-state index in [1.807, 2.05) is 49.1 Å². The number of likely N-dealkylation sites (N-methyl/N-ethyl adjacent to an activating group) is 1. The van der Waals surface area contributed by atoms with E-state index in [1.54, 1.807) is 0 Å². The SMILES string of the molecule is C.CCN(CC)[C@@H](C(=O)O)c1ccccc1. The molecule has 0 heterocycles.